The highest BCUT2D eigenvalue weighted by atomic mass is 19.3. The highest BCUT2D eigenvalue weighted by Gasteiger charge is 2.49. The first-order valence-electron chi connectivity index (χ1n) is 6.22. The van der Waals surface area contributed by atoms with E-state index >= 15 is 0 Å². The molecule has 0 bridgehead atoms. The predicted molar refractivity (Wildman–Crippen MR) is 69.3 cm³/mol. The molecular weight excluding hydrogens is 290 g/mol. The van der Waals surface area contributed by atoms with E-state index in [0.29, 0.717) is 11.3 Å². The van der Waals surface area contributed by atoms with Crippen LogP contribution in [-0.2, 0) is 0 Å². The molecule has 1 N–H and O–H groups in total. The number of hydrogen-bond donors (Lipinski definition) is 1. The van der Waals surface area contributed by atoms with Gasteiger partial charge in [-0.2, -0.15) is 8.78 Å². The molecule has 0 aliphatic heterocycles. The van der Waals surface area contributed by atoms with Crippen LogP contribution in [0.2, 0.25) is 0 Å². The van der Waals surface area contributed by atoms with Crippen LogP contribution in [0.4, 0.5) is 17.6 Å². The van der Waals surface area contributed by atoms with Crippen LogP contribution in [0.15, 0.2) is 24.4 Å². The molecule has 114 valence electrons. The second-order valence-corrected chi connectivity index (χ2v) is 4.83. The molecule has 1 aromatic heterocycles. The molecule has 1 heterocycles. The number of nitrogens with one attached hydrogen (secondary N) is 1. The number of aromatic amines is 1. The molecule has 0 saturated carbocycles. The van der Waals surface area contributed by atoms with Crippen molar-refractivity contribution in [3.63, 3.8) is 0 Å². The van der Waals surface area contributed by atoms with Gasteiger partial charge in [0.1, 0.15) is 5.75 Å². The van der Waals surface area contributed by atoms with Crippen molar-refractivity contribution in [3.05, 3.63) is 30.0 Å². The third kappa shape index (κ3) is 2.86. The number of alkyl halides is 4. The Labute approximate surface area is 117 Å². The summed E-state index contributed by atoms with van der Waals surface area (Å²) >= 11 is 0. The van der Waals surface area contributed by atoms with E-state index in [2.05, 4.69) is 4.98 Å². The van der Waals surface area contributed by atoms with Gasteiger partial charge in [0.15, 0.2) is 0 Å². The maximum Gasteiger partial charge on any atom is 0.368 e. The molecule has 21 heavy (non-hydrogen) atoms. The van der Waals surface area contributed by atoms with E-state index in [1.807, 2.05) is 0 Å². The summed E-state index contributed by atoms with van der Waals surface area (Å²) in [6.45, 7) is 3.55. The number of rotatable bonds is 5. The number of H-pyrrole nitrogens is 1. The fourth-order valence-corrected chi connectivity index (χ4v) is 1.91. The molecule has 2 aromatic rings. The van der Waals surface area contributed by atoms with Gasteiger partial charge in [0.2, 0.25) is 5.78 Å². The third-order valence-electron chi connectivity index (χ3n) is 2.85. The summed E-state index contributed by atoms with van der Waals surface area (Å²) in [6.07, 6.45) is -3.20. The number of hydrogen-bond acceptors (Lipinski definition) is 2. The molecule has 0 saturated heterocycles. The average Bonchev–Trinajstić information content (AvgIpc) is 2.79. The van der Waals surface area contributed by atoms with Gasteiger partial charge in [0, 0.05) is 22.7 Å². The van der Waals surface area contributed by atoms with E-state index in [1.54, 1.807) is 19.9 Å². The molecular formula is C14H13F4NO2. The Morgan fingerprint density at radius 1 is 1.29 bits per heavy atom. The van der Waals surface area contributed by atoms with E-state index in [-0.39, 0.29) is 11.5 Å². The summed E-state index contributed by atoms with van der Waals surface area (Å²) in [4.78, 5) is 14.2. The first-order chi connectivity index (χ1) is 9.73. The molecule has 1 aromatic carbocycles. The first kappa shape index (κ1) is 15.3. The van der Waals surface area contributed by atoms with E-state index in [9.17, 15) is 22.4 Å². The van der Waals surface area contributed by atoms with Gasteiger partial charge in [-0.05, 0) is 32.0 Å². The second-order valence-electron chi connectivity index (χ2n) is 4.83. The van der Waals surface area contributed by atoms with Gasteiger partial charge in [-0.3, -0.25) is 4.79 Å². The molecule has 0 aliphatic rings. The van der Waals surface area contributed by atoms with Gasteiger partial charge in [0.05, 0.1) is 6.10 Å². The highest BCUT2D eigenvalue weighted by molar-refractivity contribution is 6.11. The van der Waals surface area contributed by atoms with Gasteiger partial charge >= 0.3 is 12.3 Å². The zero-order valence-corrected chi connectivity index (χ0v) is 11.3. The number of aromatic nitrogens is 1. The lowest BCUT2D eigenvalue weighted by atomic mass is 10.0. The summed E-state index contributed by atoms with van der Waals surface area (Å²) in [7, 11) is 0. The quantitative estimate of drug-likeness (QED) is 0.669. The fourth-order valence-electron chi connectivity index (χ4n) is 1.91. The Hall–Kier alpha value is -2.05. The molecule has 0 aliphatic carbocycles. The zero-order chi connectivity index (χ0) is 15.8. The molecule has 3 nitrogen and oxygen atoms in total. The Morgan fingerprint density at radius 3 is 2.52 bits per heavy atom. The number of ether oxygens (including phenoxy) is 1. The smallest absolute Gasteiger partial charge is 0.368 e. The Balaban J connectivity index is 2.47. The van der Waals surface area contributed by atoms with Crippen LogP contribution in [0.3, 0.4) is 0 Å². The van der Waals surface area contributed by atoms with Crippen LogP contribution >= 0.6 is 0 Å². The van der Waals surface area contributed by atoms with Gasteiger partial charge < -0.3 is 9.72 Å². The van der Waals surface area contributed by atoms with Crippen molar-refractivity contribution in [2.75, 3.05) is 0 Å². The predicted octanol–water partition coefficient (Wildman–Crippen LogP) is 4.04. The fraction of sp³-hybridized carbons (Fsp3) is 0.357. The maximum absolute atomic E-state index is 13.2. The number of fused-ring (bicyclic) bond motifs is 1. The van der Waals surface area contributed by atoms with E-state index < -0.39 is 23.7 Å². The maximum atomic E-state index is 13.2. The number of halogens is 4. The lowest BCUT2D eigenvalue weighted by Gasteiger charge is -2.13. The van der Waals surface area contributed by atoms with Crippen molar-refractivity contribution < 1.29 is 27.1 Å². The number of Topliss-reactive ketones (excluding diaryl/α,β-unsaturated/α-hetero) is 1. The molecule has 0 atom stereocenters. The van der Waals surface area contributed by atoms with Crippen LogP contribution in [0.25, 0.3) is 10.9 Å². The Morgan fingerprint density at radius 2 is 1.95 bits per heavy atom. The zero-order valence-electron chi connectivity index (χ0n) is 11.3. The topological polar surface area (TPSA) is 42.1 Å². The highest BCUT2D eigenvalue weighted by Crippen LogP contribution is 2.32. The molecule has 0 amide bonds. The molecule has 0 fully saturated rings. The molecule has 0 radical (unpaired) electrons. The minimum atomic E-state index is -4.72. The molecule has 7 heteroatoms. The third-order valence-corrected chi connectivity index (χ3v) is 2.85. The monoisotopic (exact) mass is 303 g/mol. The van der Waals surface area contributed by atoms with Crippen LogP contribution in [0, 0.1) is 0 Å². The normalized spacial score (nSPS) is 12.4. The van der Waals surface area contributed by atoms with Crippen molar-refractivity contribution in [2.45, 2.75) is 32.3 Å². The number of carbonyl (C=O) groups excluding carboxylic acids is 1. The summed E-state index contributed by atoms with van der Waals surface area (Å²) in [5.41, 5.74) is -0.0935. The van der Waals surface area contributed by atoms with E-state index in [4.69, 9.17) is 4.74 Å². The Bertz CT molecular complexity index is 664. The molecule has 0 unspecified atom stereocenters. The largest absolute Gasteiger partial charge is 0.491 e. The lowest BCUT2D eigenvalue weighted by Crippen LogP contribution is -2.36. The van der Waals surface area contributed by atoms with Crippen LogP contribution in [0.5, 0.6) is 5.75 Å². The van der Waals surface area contributed by atoms with Crippen LogP contribution in [0.1, 0.15) is 24.2 Å². The minimum Gasteiger partial charge on any atom is -0.491 e. The summed E-state index contributed by atoms with van der Waals surface area (Å²) in [5.74, 6) is -6.26. The van der Waals surface area contributed by atoms with Crippen molar-refractivity contribution in [1.29, 1.82) is 0 Å². The number of ketones is 1. The average molecular weight is 303 g/mol. The van der Waals surface area contributed by atoms with Gasteiger partial charge in [-0.25, -0.2) is 8.78 Å². The summed E-state index contributed by atoms with van der Waals surface area (Å²) in [5, 5.41) is 0.124. The number of carbonyl (C=O) groups is 1. The Kier molecular flexibility index (Phi) is 3.93. The number of benzene rings is 1. The van der Waals surface area contributed by atoms with Gasteiger partial charge in [0.25, 0.3) is 0 Å². The van der Waals surface area contributed by atoms with Crippen LogP contribution in [-0.4, -0.2) is 29.2 Å². The summed E-state index contributed by atoms with van der Waals surface area (Å²) < 4.78 is 56.4. The minimum absolute atomic E-state index is 0.124. The van der Waals surface area contributed by atoms with E-state index in [1.165, 1.54) is 12.1 Å². The summed E-state index contributed by atoms with van der Waals surface area (Å²) in [6, 6.07) is 4.50. The molecule has 2 rings (SSSR count). The van der Waals surface area contributed by atoms with Gasteiger partial charge in [-0.1, -0.05) is 0 Å². The first-order valence-corrected chi connectivity index (χ1v) is 6.22. The second kappa shape index (κ2) is 5.38. The SMILES string of the molecule is CC(C)Oc1ccc2[nH]cc(C(=O)C(F)(F)C(F)F)c2c1. The van der Waals surface area contributed by atoms with Crippen molar-refractivity contribution in [2.24, 2.45) is 0 Å². The molecule has 0 spiro atoms. The van der Waals surface area contributed by atoms with Crippen molar-refractivity contribution in [3.8, 4) is 5.75 Å². The van der Waals surface area contributed by atoms with Crippen molar-refractivity contribution >= 4 is 16.7 Å². The lowest BCUT2D eigenvalue weighted by molar-refractivity contribution is -0.0957. The van der Waals surface area contributed by atoms with Crippen molar-refractivity contribution in [1.82, 2.24) is 4.98 Å². The standard InChI is InChI=1S/C14H13F4NO2/c1-7(2)21-8-3-4-11-9(5-8)10(6-19-11)12(20)14(17,18)13(15)16/h3-7,13,19H,1-2H3. The van der Waals surface area contributed by atoms with Gasteiger partial charge in [-0.15, -0.1) is 0 Å². The van der Waals surface area contributed by atoms with Crippen LogP contribution < -0.4 is 4.74 Å². The van der Waals surface area contributed by atoms with E-state index in [0.717, 1.165) is 6.20 Å².